The third-order valence-corrected chi connectivity index (χ3v) is 2.39. The lowest BCUT2D eigenvalue weighted by Crippen LogP contribution is -1.94. The summed E-state index contributed by atoms with van der Waals surface area (Å²) in [5.41, 5.74) is 3.69. The van der Waals surface area contributed by atoms with Gasteiger partial charge < -0.3 is 0 Å². The molecule has 0 aromatic rings. The molecule has 0 spiro atoms. The minimum absolute atomic E-state index is 0.643. The third kappa shape index (κ3) is 3.01. The van der Waals surface area contributed by atoms with E-state index in [1.807, 2.05) is 0 Å². The number of rotatable bonds is 2. The van der Waals surface area contributed by atoms with E-state index >= 15 is 0 Å². The molecule has 0 aromatic carbocycles. The number of allylic oxidation sites excluding steroid dienone is 2. The topological polar surface area (TPSA) is 0 Å². The summed E-state index contributed by atoms with van der Waals surface area (Å²) in [4.78, 5) is 0. The second-order valence-corrected chi connectivity index (χ2v) is 3.61. The Hall–Kier alpha value is 0.170. The second kappa shape index (κ2) is 4.06. The van der Waals surface area contributed by atoms with Gasteiger partial charge in [-0.15, -0.1) is 9.24 Å². The summed E-state index contributed by atoms with van der Waals surface area (Å²) in [6.45, 7) is 8.82. The van der Waals surface area contributed by atoms with Crippen LogP contribution in [0.3, 0.4) is 0 Å². The molecule has 1 heteroatoms. The van der Waals surface area contributed by atoms with Crippen LogP contribution < -0.4 is 0 Å². The molecule has 0 saturated carbocycles. The van der Waals surface area contributed by atoms with E-state index in [9.17, 15) is 0 Å². The zero-order valence-electron chi connectivity index (χ0n) is 6.86. The molecule has 0 N–H and O–H groups in total. The maximum absolute atomic E-state index is 2.81. The summed E-state index contributed by atoms with van der Waals surface area (Å²) in [7, 11) is 2.81. The maximum atomic E-state index is 2.81. The van der Waals surface area contributed by atoms with Crippen molar-refractivity contribution in [2.45, 2.75) is 39.8 Å². The molecular formula is C8H17P. The van der Waals surface area contributed by atoms with Crippen molar-refractivity contribution >= 4 is 9.24 Å². The molecule has 54 valence electrons. The van der Waals surface area contributed by atoms with Gasteiger partial charge in [-0.05, 0) is 25.9 Å². The summed E-state index contributed by atoms with van der Waals surface area (Å²) in [5, 5.41) is 0. The molecule has 2 atom stereocenters. The lowest BCUT2D eigenvalue weighted by Gasteiger charge is -2.08. The highest BCUT2D eigenvalue weighted by molar-refractivity contribution is 7.18. The molecular weight excluding hydrogens is 127 g/mol. The van der Waals surface area contributed by atoms with Gasteiger partial charge >= 0.3 is 0 Å². The summed E-state index contributed by atoms with van der Waals surface area (Å²) >= 11 is 0. The van der Waals surface area contributed by atoms with Crippen molar-refractivity contribution in [2.75, 3.05) is 0 Å². The minimum Gasteiger partial charge on any atom is -0.130 e. The first-order valence-electron chi connectivity index (χ1n) is 3.51. The van der Waals surface area contributed by atoms with E-state index in [0.29, 0.717) is 5.66 Å². The molecule has 0 amide bonds. The van der Waals surface area contributed by atoms with Crippen LogP contribution in [0.1, 0.15) is 34.1 Å². The Labute approximate surface area is 60.9 Å². The van der Waals surface area contributed by atoms with Crippen molar-refractivity contribution in [1.29, 1.82) is 0 Å². The molecule has 0 nitrogen and oxygen atoms in total. The highest BCUT2D eigenvalue weighted by Crippen LogP contribution is 2.16. The molecule has 0 heterocycles. The summed E-state index contributed by atoms with van der Waals surface area (Å²) in [6.07, 6.45) is 1.19. The lowest BCUT2D eigenvalue weighted by molar-refractivity contribution is 0.997. The summed E-state index contributed by atoms with van der Waals surface area (Å²) < 4.78 is 0. The third-order valence-electron chi connectivity index (χ3n) is 1.89. The van der Waals surface area contributed by atoms with E-state index in [1.165, 1.54) is 17.6 Å². The average molecular weight is 144 g/mol. The summed E-state index contributed by atoms with van der Waals surface area (Å²) in [6, 6.07) is 0. The van der Waals surface area contributed by atoms with Crippen LogP contribution in [0.2, 0.25) is 0 Å². The van der Waals surface area contributed by atoms with Crippen LogP contribution in [0.4, 0.5) is 0 Å². The molecule has 0 saturated heterocycles. The predicted molar refractivity (Wildman–Crippen MR) is 47.8 cm³/mol. The van der Waals surface area contributed by atoms with Crippen LogP contribution in [0.25, 0.3) is 0 Å². The first-order chi connectivity index (χ1) is 4.09. The van der Waals surface area contributed by atoms with Gasteiger partial charge in [0.1, 0.15) is 0 Å². The largest absolute Gasteiger partial charge is 0.130 e. The van der Waals surface area contributed by atoms with E-state index in [1.54, 1.807) is 0 Å². The highest BCUT2D eigenvalue weighted by atomic mass is 31.0. The van der Waals surface area contributed by atoms with Crippen molar-refractivity contribution in [1.82, 2.24) is 0 Å². The minimum atomic E-state index is 0.643. The molecule has 0 radical (unpaired) electrons. The normalized spacial score (nSPS) is 17.0. The second-order valence-electron chi connectivity index (χ2n) is 2.61. The van der Waals surface area contributed by atoms with Crippen LogP contribution >= 0.6 is 9.24 Å². The van der Waals surface area contributed by atoms with Crippen molar-refractivity contribution < 1.29 is 0 Å². The number of hydrogen-bond donors (Lipinski definition) is 0. The summed E-state index contributed by atoms with van der Waals surface area (Å²) in [5.74, 6) is 0. The molecule has 0 aliphatic carbocycles. The van der Waals surface area contributed by atoms with Gasteiger partial charge in [0.2, 0.25) is 0 Å². The first-order valence-corrected chi connectivity index (χ1v) is 4.18. The Bertz CT molecular complexity index is 112. The molecule has 9 heavy (non-hydrogen) atoms. The Morgan fingerprint density at radius 1 is 1.44 bits per heavy atom. The molecule has 0 aliphatic heterocycles. The number of hydrogen-bond acceptors (Lipinski definition) is 0. The molecule has 2 unspecified atom stereocenters. The van der Waals surface area contributed by atoms with Gasteiger partial charge in [0, 0.05) is 0 Å². The molecule has 0 bridgehead atoms. The predicted octanol–water partition coefficient (Wildman–Crippen LogP) is 3.00. The van der Waals surface area contributed by atoms with E-state index in [0.717, 1.165) is 0 Å². The fourth-order valence-corrected chi connectivity index (χ4v) is 0.952. The zero-order valence-corrected chi connectivity index (χ0v) is 8.02. The Balaban J connectivity index is 4.10. The van der Waals surface area contributed by atoms with Gasteiger partial charge in [0.15, 0.2) is 0 Å². The van der Waals surface area contributed by atoms with Gasteiger partial charge in [0.05, 0.1) is 0 Å². The van der Waals surface area contributed by atoms with Crippen LogP contribution in [0, 0.1) is 0 Å². The molecule has 0 rings (SSSR count). The van der Waals surface area contributed by atoms with E-state index in [-0.39, 0.29) is 0 Å². The van der Waals surface area contributed by atoms with Crippen LogP contribution in [-0.2, 0) is 0 Å². The Morgan fingerprint density at radius 2 is 1.89 bits per heavy atom. The van der Waals surface area contributed by atoms with Crippen LogP contribution in [-0.4, -0.2) is 5.66 Å². The van der Waals surface area contributed by atoms with E-state index in [2.05, 4.69) is 36.9 Å². The van der Waals surface area contributed by atoms with Gasteiger partial charge in [-0.3, -0.25) is 0 Å². The zero-order chi connectivity index (χ0) is 7.44. The van der Waals surface area contributed by atoms with E-state index in [4.69, 9.17) is 0 Å². The van der Waals surface area contributed by atoms with Crippen molar-refractivity contribution in [3.8, 4) is 0 Å². The Kier molecular flexibility index (Phi) is 4.14. The van der Waals surface area contributed by atoms with Gasteiger partial charge in [-0.1, -0.05) is 25.0 Å². The molecule has 0 aliphatic rings. The fourth-order valence-electron chi connectivity index (χ4n) is 0.667. The van der Waals surface area contributed by atoms with Crippen LogP contribution in [0.5, 0.6) is 0 Å². The fraction of sp³-hybridized carbons (Fsp3) is 0.750. The monoisotopic (exact) mass is 144 g/mol. The van der Waals surface area contributed by atoms with Gasteiger partial charge in [0.25, 0.3) is 0 Å². The van der Waals surface area contributed by atoms with Crippen molar-refractivity contribution in [3.63, 3.8) is 0 Å². The standard InChI is InChI=1S/C8H17P/c1-5-6(2)7(3)8(4)9/h8H,5,9H2,1-4H3/b7-6-. The Morgan fingerprint density at radius 3 is 2.00 bits per heavy atom. The highest BCUT2D eigenvalue weighted by Gasteiger charge is 1.98. The average Bonchev–Trinajstić information content (AvgIpc) is 1.84. The molecule has 0 aromatic heterocycles. The van der Waals surface area contributed by atoms with Crippen LogP contribution in [0.15, 0.2) is 11.1 Å². The molecule has 0 fully saturated rings. The maximum Gasteiger partial charge on any atom is -0.00841 e. The first kappa shape index (κ1) is 9.17. The van der Waals surface area contributed by atoms with E-state index < -0.39 is 0 Å². The smallest absolute Gasteiger partial charge is 0.00841 e. The van der Waals surface area contributed by atoms with Gasteiger partial charge in [-0.2, -0.15) is 0 Å². The van der Waals surface area contributed by atoms with Crippen molar-refractivity contribution in [3.05, 3.63) is 11.1 Å². The van der Waals surface area contributed by atoms with Gasteiger partial charge in [-0.25, -0.2) is 0 Å². The SMILES string of the molecule is CC/C(C)=C(/C)C(C)P. The van der Waals surface area contributed by atoms with Crippen molar-refractivity contribution in [2.24, 2.45) is 0 Å². The quantitative estimate of drug-likeness (QED) is 0.413. The lowest BCUT2D eigenvalue weighted by atomic mass is 10.1.